The number of likely N-dealkylation sites (tertiary alicyclic amines) is 1. The second-order valence-electron chi connectivity index (χ2n) is 3.96. The fourth-order valence-electron chi connectivity index (χ4n) is 1.90. The highest BCUT2D eigenvalue weighted by molar-refractivity contribution is 4.75. The molecular weight excluding hydrogens is 150 g/mol. The quantitative estimate of drug-likeness (QED) is 0.695. The van der Waals surface area contributed by atoms with E-state index in [0.717, 1.165) is 12.3 Å². The number of aliphatic hydroxyl groups is 1. The van der Waals surface area contributed by atoms with Gasteiger partial charge in [0.05, 0.1) is 6.61 Å². The summed E-state index contributed by atoms with van der Waals surface area (Å²) in [5, 5.41) is 9.10. The van der Waals surface area contributed by atoms with Crippen molar-refractivity contribution in [3.8, 4) is 0 Å². The maximum absolute atomic E-state index is 9.10. The number of piperidine rings is 1. The van der Waals surface area contributed by atoms with E-state index in [2.05, 4.69) is 18.7 Å². The van der Waals surface area contributed by atoms with Gasteiger partial charge in [0.15, 0.2) is 0 Å². The molecular formula is C10H21NO. The molecule has 1 aliphatic heterocycles. The molecule has 0 amide bonds. The maximum Gasteiger partial charge on any atom is 0.0586 e. The Labute approximate surface area is 75.6 Å². The van der Waals surface area contributed by atoms with E-state index >= 15 is 0 Å². The molecule has 2 nitrogen and oxygen atoms in total. The maximum atomic E-state index is 9.10. The van der Waals surface area contributed by atoms with E-state index in [1.807, 2.05) is 0 Å². The molecule has 1 aliphatic rings. The third kappa shape index (κ3) is 2.46. The molecule has 0 aliphatic carbocycles. The molecule has 0 spiro atoms. The van der Waals surface area contributed by atoms with Crippen LogP contribution in [0, 0.1) is 5.92 Å². The minimum absolute atomic E-state index is 0.324. The predicted molar refractivity (Wildman–Crippen MR) is 51.1 cm³/mol. The number of nitrogens with zero attached hydrogens (tertiary/aromatic N) is 1. The average molecular weight is 171 g/mol. The van der Waals surface area contributed by atoms with Gasteiger partial charge in [-0.15, -0.1) is 0 Å². The first-order valence-electron chi connectivity index (χ1n) is 5.12. The van der Waals surface area contributed by atoms with Gasteiger partial charge >= 0.3 is 0 Å². The highest BCUT2D eigenvalue weighted by Gasteiger charge is 2.20. The van der Waals surface area contributed by atoms with Crippen molar-refractivity contribution in [1.29, 1.82) is 0 Å². The van der Waals surface area contributed by atoms with Gasteiger partial charge < -0.3 is 5.11 Å². The van der Waals surface area contributed by atoms with Crippen LogP contribution in [-0.2, 0) is 0 Å². The molecule has 72 valence electrons. The molecule has 1 N–H and O–H groups in total. The van der Waals surface area contributed by atoms with Crippen LogP contribution in [-0.4, -0.2) is 35.7 Å². The Bertz CT molecular complexity index is 115. The van der Waals surface area contributed by atoms with Crippen LogP contribution in [0.5, 0.6) is 0 Å². The summed E-state index contributed by atoms with van der Waals surface area (Å²) in [4.78, 5) is 2.43. The summed E-state index contributed by atoms with van der Waals surface area (Å²) in [6.45, 7) is 7.15. The molecule has 0 saturated carbocycles. The number of rotatable bonds is 3. The van der Waals surface area contributed by atoms with Crippen LogP contribution in [0.2, 0.25) is 0 Å². The van der Waals surface area contributed by atoms with Gasteiger partial charge in [0.1, 0.15) is 0 Å². The summed E-state index contributed by atoms with van der Waals surface area (Å²) in [7, 11) is 0. The van der Waals surface area contributed by atoms with Gasteiger partial charge in [0, 0.05) is 6.04 Å². The van der Waals surface area contributed by atoms with Crippen LogP contribution in [0.4, 0.5) is 0 Å². The topological polar surface area (TPSA) is 23.5 Å². The molecule has 0 aromatic carbocycles. The Hall–Kier alpha value is -0.0800. The van der Waals surface area contributed by atoms with E-state index in [0.29, 0.717) is 12.6 Å². The van der Waals surface area contributed by atoms with Crippen molar-refractivity contribution in [2.24, 2.45) is 5.92 Å². The van der Waals surface area contributed by atoms with Crippen LogP contribution < -0.4 is 0 Å². The van der Waals surface area contributed by atoms with Crippen molar-refractivity contribution < 1.29 is 5.11 Å². The van der Waals surface area contributed by atoms with Crippen LogP contribution in [0.25, 0.3) is 0 Å². The van der Waals surface area contributed by atoms with Crippen LogP contribution >= 0.6 is 0 Å². The van der Waals surface area contributed by atoms with Crippen LogP contribution in [0.1, 0.15) is 33.1 Å². The molecule has 1 heterocycles. The zero-order valence-electron chi connectivity index (χ0n) is 8.29. The highest BCUT2D eigenvalue weighted by atomic mass is 16.3. The Balaban J connectivity index is 2.32. The van der Waals surface area contributed by atoms with Gasteiger partial charge in [-0.2, -0.15) is 0 Å². The minimum Gasteiger partial charge on any atom is -0.395 e. The van der Waals surface area contributed by atoms with Crippen LogP contribution in [0.3, 0.4) is 0 Å². The lowest BCUT2D eigenvalue weighted by Gasteiger charge is -2.35. The summed E-state index contributed by atoms with van der Waals surface area (Å²) in [5.74, 6) is 0.887. The number of hydrogen-bond donors (Lipinski definition) is 1. The van der Waals surface area contributed by atoms with E-state index < -0.39 is 0 Å². The summed E-state index contributed by atoms with van der Waals surface area (Å²) in [6.07, 6.45) is 3.68. The fraction of sp³-hybridized carbons (Fsp3) is 1.00. The van der Waals surface area contributed by atoms with Gasteiger partial charge in [-0.25, -0.2) is 0 Å². The Morgan fingerprint density at radius 3 is 2.42 bits per heavy atom. The molecule has 0 aromatic rings. The zero-order valence-corrected chi connectivity index (χ0v) is 8.29. The average Bonchev–Trinajstić information content (AvgIpc) is 2.10. The summed E-state index contributed by atoms with van der Waals surface area (Å²) in [5.41, 5.74) is 0. The fourth-order valence-corrected chi connectivity index (χ4v) is 1.90. The SMILES string of the molecule is CC[C@H](CO)N1CCC(C)CC1. The Morgan fingerprint density at radius 1 is 1.42 bits per heavy atom. The molecule has 1 fully saturated rings. The predicted octanol–water partition coefficient (Wildman–Crippen LogP) is 1.49. The molecule has 12 heavy (non-hydrogen) atoms. The molecule has 1 saturated heterocycles. The third-order valence-corrected chi connectivity index (χ3v) is 3.02. The first-order valence-corrected chi connectivity index (χ1v) is 5.12. The van der Waals surface area contributed by atoms with E-state index in [1.54, 1.807) is 0 Å². The first-order chi connectivity index (χ1) is 5.77. The van der Waals surface area contributed by atoms with E-state index in [9.17, 15) is 0 Å². The lowest BCUT2D eigenvalue weighted by Crippen LogP contribution is -2.42. The summed E-state index contributed by atoms with van der Waals surface area (Å²) < 4.78 is 0. The van der Waals surface area contributed by atoms with Crippen molar-refractivity contribution in [3.63, 3.8) is 0 Å². The standard InChI is InChI=1S/C10H21NO/c1-3-10(8-12)11-6-4-9(2)5-7-11/h9-10,12H,3-8H2,1-2H3/t10-/m1/s1. The molecule has 0 aromatic heterocycles. The summed E-state index contributed by atoms with van der Waals surface area (Å²) in [6, 6.07) is 0.414. The number of aliphatic hydroxyl groups excluding tert-OH is 1. The van der Waals surface area contributed by atoms with Crippen molar-refractivity contribution in [2.75, 3.05) is 19.7 Å². The van der Waals surface area contributed by atoms with E-state index in [-0.39, 0.29) is 0 Å². The number of hydrogen-bond acceptors (Lipinski definition) is 2. The van der Waals surface area contributed by atoms with E-state index in [4.69, 9.17) is 5.11 Å². The third-order valence-electron chi connectivity index (χ3n) is 3.02. The lowest BCUT2D eigenvalue weighted by molar-refractivity contribution is 0.0874. The first kappa shape index (κ1) is 10.0. The highest BCUT2D eigenvalue weighted by Crippen LogP contribution is 2.18. The van der Waals surface area contributed by atoms with Crippen molar-refractivity contribution >= 4 is 0 Å². The normalized spacial score (nSPS) is 24.2. The Morgan fingerprint density at radius 2 is 2.00 bits per heavy atom. The zero-order chi connectivity index (χ0) is 8.97. The van der Waals surface area contributed by atoms with Gasteiger partial charge in [0.2, 0.25) is 0 Å². The van der Waals surface area contributed by atoms with Gasteiger partial charge in [-0.05, 0) is 38.3 Å². The minimum atomic E-state index is 0.324. The van der Waals surface area contributed by atoms with Gasteiger partial charge in [0.25, 0.3) is 0 Å². The molecule has 1 atom stereocenters. The summed E-state index contributed by atoms with van der Waals surface area (Å²) >= 11 is 0. The monoisotopic (exact) mass is 171 g/mol. The molecule has 0 bridgehead atoms. The van der Waals surface area contributed by atoms with E-state index in [1.165, 1.54) is 25.9 Å². The van der Waals surface area contributed by atoms with Crippen molar-refractivity contribution in [2.45, 2.75) is 39.2 Å². The van der Waals surface area contributed by atoms with Gasteiger partial charge in [-0.3, -0.25) is 4.90 Å². The lowest BCUT2D eigenvalue weighted by atomic mass is 9.97. The molecule has 0 radical (unpaired) electrons. The van der Waals surface area contributed by atoms with Crippen molar-refractivity contribution in [1.82, 2.24) is 4.90 Å². The van der Waals surface area contributed by atoms with Crippen LogP contribution in [0.15, 0.2) is 0 Å². The van der Waals surface area contributed by atoms with Gasteiger partial charge in [-0.1, -0.05) is 13.8 Å². The second-order valence-corrected chi connectivity index (χ2v) is 3.96. The molecule has 2 heteroatoms. The van der Waals surface area contributed by atoms with Crippen molar-refractivity contribution in [3.05, 3.63) is 0 Å². The largest absolute Gasteiger partial charge is 0.395 e. The molecule has 1 rings (SSSR count). The molecule has 0 unspecified atom stereocenters. The second kappa shape index (κ2) is 4.83. The Kier molecular flexibility index (Phi) is 4.02. The smallest absolute Gasteiger partial charge is 0.0586 e.